The molecule has 154 valence electrons. The van der Waals surface area contributed by atoms with Crippen LogP contribution in [0, 0.1) is 0 Å². The first-order valence-electron chi connectivity index (χ1n) is 8.71. The summed E-state index contributed by atoms with van der Waals surface area (Å²) in [5.74, 6) is -0.664. The van der Waals surface area contributed by atoms with Gasteiger partial charge in [0.05, 0.1) is 19.9 Å². The van der Waals surface area contributed by atoms with Gasteiger partial charge in [-0.1, -0.05) is 11.6 Å². The van der Waals surface area contributed by atoms with E-state index in [0.29, 0.717) is 27.8 Å². The predicted molar refractivity (Wildman–Crippen MR) is 109 cm³/mol. The van der Waals surface area contributed by atoms with E-state index < -0.39 is 23.8 Å². The summed E-state index contributed by atoms with van der Waals surface area (Å²) in [6.07, 6.45) is -0.0407. The van der Waals surface area contributed by atoms with Crippen LogP contribution in [0.3, 0.4) is 0 Å². The Morgan fingerprint density at radius 3 is 2.34 bits per heavy atom. The number of halogens is 1. The Morgan fingerprint density at radius 1 is 1.07 bits per heavy atom. The molecule has 0 aliphatic carbocycles. The van der Waals surface area contributed by atoms with Gasteiger partial charge in [0, 0.05) is 23.1 Å². The Balaban J connectivity index is 2.20. The van der Waals surface area contributed by atoms with E-state index in [9.17, 15) is 14.4 Å². The molecule has 9 heteroatoms. The first-order chi connectivity index (χ1) is 13.8. The lowest BCUT2D eigenvalue weighted by molar-refractivity contribution is -0.119. The van der Waals surface area contributed by atoms with Crippen LogP contribution in [0.4, 0.5) is 5.69 Å². The van der Waals surface area contributed by atoms with Crippen molar-refractivity contribution < 1.29 is 23.9 Å². The predicted octanol–water partition coefficient (Wildman–Crippen LogP) is 2.36. The molecule has 29 heavy (non-hydrogen) atoms. The highest BCUT2D eigenvalue weighted by molar-refractivity contribution is 6.30. The molecule has 0 heterocycles. The second-order valence-electron chi connectivity index (χ2n) is 6.09. The molecule has 0 aromatic heterocycles. The molecule has 0 unspecified atom stereocenters. The number of carbonyl (C=O) groups is 3. The van der Waals surface area contributed by atoms with Crippen molar-refractivity contribution in [2.45, 2.75) is 18.9 Å². The molecule has 1 atom stereocenters. The fourth-order valence-electron chi connectivity index (χ4n) is 2.53. The monoisotopic (exact) mass is 419 g/mol. The Bertz CT molecular complexity index is 886. The SMILES string of the molecule is COc1ccc(OC)c(NC(=O)[C@H](CCC(N)=O)NC(=O)c2ccc(Cl)cc2)c1. The van der Waals surface area contributed by atoms with Gasteiger partial charge in [0.25, 0.3) is 5.91 Å². The highest BCUT2D eigenvalue weighted by Crippen LogP contribution is 2.29. The van der Waals surface area contributed by atoms with Gasteiger partial charge in [-0.2, -0.15) is 0 Å². The van der Waals surface area contributed by atoms with Gasteiger partial charge in [0.2, 0.25) is 11.8 Å². The van der Waals surface area contributed by atoms with E-state index in [4.69, 9.17) is 26.8 Å². The van der Waals surface area contributed by atoms with Gasteiger partial charge in [-0.3, -0.25) is 14.4 Å². The summed E-state index contributed by atoms with van der Waals surface area (Å²) in [5.41, 5.74) is 5.89. The smallest absolute Gasteiger partial charge is 0.251 e. The fraction of sp³-hybridized carbons (Fsp3) is 0.250. The van der Waals surface area contributed by atoms with Crippen LogP contribution in [0.5, 0.6) is 11.5 Å². The lowest BCUT2D eigenvalue weighted by Crippen LogP contribution is -2.44. The molecule has 0 spiro atoms. The Kier molecular flexibility index (Phi) is 7.85. The van der Waals surface area contributed by atoms with Gasteiger partial charge in [0.1, 0.15) is 17.5 Å². The number of hydrogen-bond acceptors (Lipinski definition) is 5. The molecule has 0 bridgehead atoms. The molecule has 0 saturated heterocycles. The Labute approximate surface area is 173 Å². The molecule has 4 N–H and O–H groups in total. The lowest BCUT2D eigenvalue weighted by Gasteiger charge is -2.19. The molecular weight excluding hydrogens is 398 g/mol. The number of methoxy groups -OCH3 is 2. The summed E-state index contributed by atoms with van der Waals surface area (Å²) >= 11 is 5.83. The molecule has 0 saturated carbocycles. The third-order valence-electron chi connectivity index (χ3n) is 4.07. The van der Waals surface area contributed by atoms with Crippen LogP contribution in [0.15, 0.2) is 42.5 Å². The Morgan fingerprint density at radius 2 is 1.76 bits per heavy atom. The van der Waals surface area contributed by atoms with E-state index in [1.807, 2.05) is 0 Å². The summed E-state index contributed by atoms with van der Waals surface area (Å²) in [6, 6.07) is 10.1. The molecule has 3 amide bonds. The fourth-order valence-corrected chi connectivity index (χ4v) is 2.66. The maximum Gasteiger partial charge on any atom is 0.251 e. The van der Waals surface area contributed by atoms with Crippen LogP contribution >= 0.6 is 11.6 Å². The third kappa shape index (κ3) is 6.39. The highest BCUT2D eigenvalue weighted by atomic mass is 35.5. The quantitative estimate of drug-likeness (QED) is 0.576. The van der Waals surface area contributed by atoms with Gasteiger partial charge in [0.15, 0.2) is 0 Å². The molecule has 2 aromatic carbocycles. The molecule has 0 aliphatic heterocycles. The van der Waals surface area contributed by atoms with Gasteiger partial charge in [-0.25, -0.2) is 0 Å². The summed E-state index contributed by atoms with van der Waals surface area (Å²) in [5, 5.41) is 5.80. The van der Waals surface area contributed by atoms with Crippen molar-refractivity contribution in [1.29, 1.82) is 0 Å². The normalized spacial score (nSPS) is 11.3. The summed E-state index contributed by atoms with van der Waals surface area (Å²) in [6.45, 7) is 0. The molecule has 2 aromatic rings. The maximum atomic E-state index is 12.8. The van der Waals surface area contributed by atoms with Crippen molar-refractivity contribution in [3.63, 3.8) is 0 Å². The molecule has 0 aliphatic rings. The zero-order chi connectivity index (χ0) is 21.4. The topological polar surface area (TPSA) is 120 Å². The van der Waals surface area contributed by atoms with Crippen molar-refractivity contribution in [1.82, 2.24) is 5.32 Å². The van der Waals surface area contributed by atoms with Gasteiger partial charge in [-0.15, -0.1) is 0 Å². The maximum absolute atomic E-state index is 12.8. The van der Waals surface area contributed by atoms with E-state index >= 15 is 0 Å². The molecule has 0 radical (unpaired) electrons. The first-order valence-corrected chi connectivity index (χ1v) is 9.09. The average Bonchev–Trinajstić information content (AvgIpc) is 2.71. The second kappa shape index (κ2) is 10.3. The van der Waals surface area contributed by atoms with Crippen molar-refractivity contribution in [2.24, 2.45) is 5.73 Å². The van der Waals surface area contributed by atoms with Crippen LogP contribution in [0.2, 0.25) is 5.02 Å². The number of ether oxygens (including phenoxy) is 2. The van der Waals surface area contributed by atoms with Gasteiger partial charge in [-0.05, 0) is 42.8 Å². The largest absolute Gasteiger partial charge is 0.497 e. The number of benzene rings is 2. The average molecular weight is 420 g/mol. The van der Waals surface area contributed by atoms with Crippen LogP contribution in [-0.4, -0.2) is 38.0 Å². The lowest BCUT2D eigenvalue weighted by atomic mass is 10.1. The Hall–Kier alpha value is -3.26. The summed E-state index contributed by atoms with van der Waals surface area (Å²) < 4.78 is 10.4. The number of anilines is 1. The van der Waals surface area contributed by atoms with E-state index in [1.165, 1.54) is 26.4 Å². The summed E-state index contributed by atoms with van der Waals surface area (Å²) in [7, 11) is 2.96. The zero-order valence-corrected chi connectivity index (χ0v) is 16.8. The number of nitrogens with two attached hydrogens (primary N) is 1. The van der Waals surface area contributed by atoms with Crippen LogP contribution in [0.25, 0.3) is 0 Å². The molecule has 8 nitrogen and oxygen atoms in total. The number of hydrogen-bond donors (Lipinski definition) is 3. The molecule has 0 fully saturated rings. The second-order valence-corrected chi connectivity index (χ2v) is 6.53. The zero-order valence-electron chi connectivity index (χ0n) is 16.0. The summed E-state index contributed by atoms with van der Waals surface area (Å²) in [4.78, 5) is 36.5. The first kappa shape index (κ1) is 22.0. The standard InChI is InChI=1S/C20H22ClN3O5/c1-28-14-7-9-17(29-2)16(11-14)24-20(27)15(8-10-18(22)25)23-19(26)12-3-5-13(21)6-4-12/h3-7,9,11,15H,8,10H2,1-2H3,(H2,22,25)(H,23,26)(H,24,27)/t15-/m0/s1. The molecule has 2 rings (SSSR count). The van der Waals surface area contributed by atoms with Crippen molar-refractivity contribution in [3.05, 3.63) is 53.1 Å². The number of nitrogens with one attached hydrogen (secondary N) is 2. The van der Waals surface area contributed by atoms with Crippen molar-refractivity contribution in [2.75, 3.05) is 19.5 Å². The molecular formula is C20H22ClN3O5. The highest BCUT2D eigenvalue weighted by Gasteiger charge is 2.23. The van der Waals surface area contributed by atoms with Crippen molar-refractivity contribution >= 4 is 35.0 Å². The van der Waals surface area contributed by atoms with Crippen LogP contribution in [0.1, 0.15) is 23.2 Å². The van der Waals surface area contributed by atoms with Crippen LogP contribution in [-0.2, 0) is 9.59 Å². The third-order valence-corrected chi connectivity index (χ3v) is 4.32. The number of rotatable bonds is 9. The van der Waals surface area contributed by atoms with Gasteiger partial charge < -0.3 is 25.8 Å². The van der Waals surface area contributed by atoms with Gasteiger partial charge >= 0.3 is 0 Å². The minimum Gasteiger partial charge on any atom is -0.497 e. The minimum absolute atomic E-state index is 0.0345. The number of primary amides is 1. The number of carbonyl (C=O) groups excluding carboxylic acids is 3. The number of amides is 3. The van der Waals surface area contributed by atoms with Crippen LogP contribution < -0.4 is 25.8 Å². The van der Waals surface area contributed by atoms with E-state index in [2.05, 4.69) is 10.6 Å². The van der Waals surface area contributed by atoms with E-state index in [0.717, 1.165) is 0 Å². The van der Waals surface area contributed by atoms with E-state index in [-0.39, 0.29) is 12.8 Å². The van der Waals surface area contributed by atoms with Crippen molar-refractivity contribution in [3.8, 4) is 11.5 Å². The van der Waals surface area contributed by atoms with E-state index in [1.54, 1.807) is 30.3 Å². The minimum atomic E-state index is -0.999.